The zero-order chi connectivity index (χ0) is 17.9. The van der Waals surface area contributed by atoms with Crippen LogP contribution >= 0.6 is 0 Å². The van der Waals surface area contributed by atoms with Crippen LogP contribution in [0.2, 0.25) is 0 Å². The molecule has 0 heterocycles. The Bertz CT molecular complexity index is 1070. The summed E-state index contributed by atoms with van der Waals surface area (Å²) in [6.45, 7) is 0. The van der Waals surface area contributed by atoms with Gasteiger partial charge in [-0.25, -0.2) is 4.39 Å². The number of rotatable bonds is 3. The van der Waals surface area contributed by atoms with Gasteiger partial charge in [-0.05, 0) is 35.7 Å². The third-order valence-corrected chi connectivity index (χ3v) is 4.33. The van der Waals surface area contributed by atoms with Gasteiger partial charge in [0.05, 0.1) is 11.3 Å². The zero-order valence-corrected chi connectivity index (χ0v) is 14.0. The molecule has 4 rings (SSSR count). The molecular formula is C23H16FNO. The smallest absolute Gasteiger partial charge is 0.265 e. The highest BCUT2D eigenvalue weighted by molar-refractivity contribution is 6.15. The number of carbonyl (C=O) groups excluding carboxylic acids is 1. The minimum atomic E-state index is -0.529. The average Bonchev–Trinajstić information content (AvgIpc) is 2.69. The van der Waals surface area contributed by atoms with E-state index < -0.39 is 11.7 Å². The third-order valence-electron chi connectivity index (χ3n) is 4.33. The van der Waals surface area contributed by atoms with Crippen molar-refractivity contribution < 1.29 is 9.18 Å². The number of amides is 1. The molecule has 2 nitrogen and oxygen atoms in total. The van der Waals surface area contributed by atoms with Gasteiger partial charge in [0, 0.05) is 11.1 Å². The van der Waals surface area contributed by atoms with E-state index in [1.165, 1.54) is 12.1 Å². The summed E-state index contributed by atoms with van der Waals surface area (Å²) in [4.78, 5) is 14.9. The number of nitrogens with zero attached hydrogens (tertiary/aromatic N) is 1. The van der Waals surface area contributed by atoms with Crippen LogP contribution in [0, 0.1) is 5.82 Å². The minimum absolute atomic E-state index is 0.0456. The SMILES string of the molecule is O=C(c1ccccc1F)N(c1ccccc1)c1cccc2ccccc12. The quantitative estimate of drug-likeness (QED) is 0.450. The number of halogens is 1. The van der Waals surface area contributed by atoms with E-state index in [0.717, 1.165) is 16.5 Å². The lowest BCUT2D eigenvalue weighted by Crippen LogP contribution is -2.27. The van der Waals surface area contributed by atoms with Gasteiger partial charge in [-0.2, -0.15) is 0 Å². The van der Waals surface area contributed by atoms with Crippen LogP contribution in [-0.4, -0.2) is 5.91 Å². The van der Waals surface area contributed by atoms with Crippen molar-refractivity contribution in [3.8, 4) is 0 Å². The average molecular weight is 341 g/mol. The van der Waals surface area contributed by atoms with Gasteiger partial charge in [-0.1, -0.05) is 66.7 Å². The Kier molecular flexibility index (Phi) is 4.20. The van der Waals surface area contributed by atoms with Crippen LogP contribution in [0.25, 0.3) is 10.8 Å². The molecule has 0 radical (unpaired) electrons. The fraction of sp³-hybridized carbons (Fsp3) is 0. The number of hydrogen-bond acceptors (Lipinski definition) is 1. The Morgan fingerprint density at radius 3 is 2.15 bits per heavy atom. The molecule has 0 bridgehead atoms. The Labute approximate surface area is 151 Å². The van der Waals surface area contributed by atoms with Gasteiger partial charge in [0.15, 0.2) is 0 Å². The molecule has 0 aliphatic heterocycles. The molecule has 0 saturated heterocycles. The van der Waals surface area contributed by atoms with Crippen molar-refractivity contribution in [2.45, 2.75) is 0 Å². The second-order valence-corrected chi connectivity index (χ2v) is 5.95. The Morgan fingerprint density at radius 1 is 0.692 bits per heavy atom. The number of benzene rings is 4. The second kappa shape index (κ2) is 6.81. The Hall–Kier alpha value is -3.46. The fourth-order valence-electron chi connectivity index (χ4n) is 3.10. The van der Waals surface area contributed by atoms with E-state index in [-0.39, 0.29) is 5.56 Å². The fourth-order valence-corrected chi connectivity index (χ4v) is 3.10. The van der Waals surface area contributed by atoms with Crippen LogP contribution < -0.4 is 4.90 Å². The van der Waals surface area contributed by atoms with Crippen LogP contribution in [0.3, 0.4) is 0 Å². The molecule has 126 valence electrons. The van der Waals surface area contributed by atoms with Crippen LogP contribution in [0.1, 0.15) is 10.4 Å². The van der Waals surface area contributed by atoms with Gasteiger partial charge in [-0.15, -0.1) is 0 Å². The Balaban J connectivity index is 1.95. The zero-order valence-electron chi connectivity index (χ0n) is 14.0. The molecule has 0 saturated carbocycles. The molecule has 4 aromatic rings. The highest BCUT2D eigenvalue weighted by Crippen LogP contribution is 2.33. The number of para-hydroxylation sites is 1. The Morgan fingerprint density at radius 2 is 1.35 bits per heavy atom. The van der Waals surface area contributed by atoms with E-state index in [1.807, 2.05) is 72.8 Å². The van der Waals surface area contributed by atoms with Crippen LogP contribution in [0.5, 0.6) is 0 Å². The maximum Gasteiger partial charge on any atom is 0.265 e. The first-order valence-electron chi connectivity index (χ1n) is 8.37. The maximum absolute atomic E-state index is 14.3. The van der Waals surface area contributed by atoms with Crippen molar-refractivity contribution in [1.29, 1.82) is 0 Å². The van der Waals surface area contributed by atoms with Gasteiger partial charge in [0.1, 0.15) is 5.82 Å². The highest BCUT2D eigenvalue weighted by Gasteiger charge is 2.23. The highest BCUT2D eigenvalue weighted by atomic mass is 19.1. The molecule has 26 heavy (non-hydrogen) atoms. The van der Waals surface area contributed by atoms with Gasteiger partial charge in [0.2, 0.25) is 0 Å². The molecule has 1 amide bonds. The molecule has 0 spiro atoms. The molecular weight excluding hydrogens is 325 g/mol. The summed E-state index contributed by atoms with van der Waals surface area (Å²) in [6.07, 6.45) is 0. The van der Waals surface area contributed by atoms with Crippen LogP contribution in [0.15, 0.2) is 97.1 Å². The van der Waals surface area contributed by atoms with Crippen molar-refractivity contribution >= 4 is 28.1 Å². The summed E-state index contributed by atoms with van der Waals surface area (Å²) in [6, 6.07) is 29.0. The van der Waals surface area contributed by atoms with Crippen molar-refractivity contribution in [3.05, 3.63) is 108 Å². The molecule has 4 aromatic carbocycles. The lowest BCUT2D eigenvalue weighted by molar-refractivity contribution is 0.0995. The van der Waals surface area contributed by atoms with Gasteiger partial charge in [0.25, 0.3) is 5.91 Å². The van der Waals surface area contributed by atoms with Crippen molar-refractivity contribution in [3.63, 3.8) is 0 Å². The normalized spacial score (nSPS) is 10.7. The van der Waals surface area contributed by atoms with Gasteiger partial charge < -0.3 is 0 Å². The summed E-state index contributed by atoms with van der Waals surface area (Å²) < 4.78 is 14.3. The molecule has 3 heteroatoms. The first-order chi connectivity index (χ1) is 12.8. The predicted octanol–water partition coefficient (Wildman–Crippen LogP) is 5.96. The molecule has 0 N–H and O–H groups in total. The first kappa shape index (κ1) is 16.0. The number of anilines is 2. The largest absolute Gasteiger partial charge is 0.276 e. The van der Waals surface area contributed by atoms with E-state index in [4.69, 9.17) is 0 Å². The maximum atomic E-state index is 14.3. The third kappa shape index (κ3) is 2.84. The van der Waals surface area contributed by atoms with E-state index in [0.29, 0.717) is 5.69 Å². The van der Waals surface area contributed by atoms with E-state index in [2.05, 4.69) is 0 Å². The van der Waals surface area contributed by atoms with Crippen molar-refractivity contribution in [2.75, 3.05) is 4.90 Å². The van der Waals surface area contributed by atoms with E-state index in [9.17, 15) is 9.18 Å². The van der Waals surface area contributed by atoms with Crippen LogP contribution in [0.4, 0.5) is 15.8 Å². The monoisotopic (exact) mass is 341 g/mol. The van der Waals surface area contributed by atoms with Crippen molar-refractivity contribution in [2.24, 2.45) is 0 Å². The summed E-state index contributed by atoms with van der Waals surface area (Å²) in [5.41, 5.74) is 1.46. The van der Waals surface area contributed by atoms with Gasteiger partial charge in [-0.3, -0.25) is 9.69 Å². The predicted molar refractivity (Wildman–Crippen MR) is 103 cm³/mol. The number of hydrogen-bond donors (Lipinski definition) is 0. The lowest BCUT2D eigenvalue weighted by atomic mass is 10.1. The van der Waals surface area contributed by atoms with Crippen LogP contribution in [-0.2, 0) is 0 Å². The lowest BCUT2D eigenvalue weighted by Gasteiger charge is -2.25. The summed E-state index contributed by atoms with van der Waals surface area (Å²) >= 11 is 0. The molecule has 0 unspecified atom stereocenters. The molecule has 0 aromatic heterocycles. The first-order valence-corrected chi connectivity index (χ1v) is 8.37. The van der Waals surface area contributed by atoms with Gasteiger partial charge >= 0.3 is 0 Å². The summed E-state index contributed by atoms with van der Waals surface area (Å²) in [7, 11) is 0. The molecule has 0 fully saturated rings. The minimum Gasteiger partial charge on any atom is -0.276 e. The molecule has 0 atom stereocenters. The topological polar surface area (TPSA) is 20.3 Å². The molecule has 0 aliphatic carbocycles. The van der Waals surface area contributed by atoms with E-state index >= 15 is 0 Å². The second-order valence-electron chi connectivity index (χ2n) is 5.95. The van der Waals surface area contributed by atoms with Crippen molar-refractivity contribution in [1.82, 2.24) is 0 Å². The number of fused-ring (bicyclic) bond motifs is 1. The number of carbonyl (C=O) groups is 1. The molecule has 0 aliphatic rings. The van der Waals surface area contributed by atoms with E-state index in [1.54, 1.807) is 17.0 Å². The summed E-state index contributed by atoms with van der Waals surface area (Å²) in [5, 5.41) is 1.95. The summed E-state index contributed by atoms with van der Waals surface area (Å²) in [5.74, 6) is -0.927. The standard InChI is InChI=1S/C23H16FNO/c24-21-15-7-6-14-20(21)23(26)25(18-11-2-1-3-12-18)22-16-8-10-17-9-4-5-13-19(17)22/h1-16H.